The highest BCUT2D eigenvalue weighted by molar-refractivity contribution is 5.99. The number of hydrazone groups is 1. The van der Waals surface area contributed by atoms with Crippen LogP contribution >= 0.6 is 0 Å². The highest BCUT2D eigenvalue weighted by Gasteiger charge is 2.30. The van der Waals surface area contributed by atoms with Gasteiger partial charge in [0.05, 0.1) is 11.3 Å². The third-order valence-electron chi connectivity index (χ3n) is 2.73. The molecule has 1 aromatic heterocycles. The van der Waals surface area contributed by atoms with Gasteiger partial charge in [0.1, 0.15) is 5.82 Å². The predicted octanol–water partition coefficient (Wildman–Crippen LogP) is 3.52. The highest BCUT2D eigenvalue weighted by Crippen LogP contribution is 2.28. The Bertz CT molecular complexity index is 648. The van der Waals surface area contributed by atoms with E-state index in [0.717, 1.165) is 17.8 Å². The van der Waals surface area contributed by atoms with E-state index in [4.69, 9.17) is 5.73 Å². The number of alkyl halides is 3. The smallest absolute Gasteiger partial charge is 0.399 e. The number of nitrogens with one attached hydrogen (secondary N) is 1. The maximum Gasteiger partial charge on any atom is 0.417 e. The molecule has 3 N–H and O–H groups in total. The Morgan fingerprint density at radius 1 is 1.24 bits per heavy atom. The Balaban J connectivity index is 2.10. The molecule has 0 fully saturated rings. The Morgan fingerprint density at radius 3 is 2.57 bits per heavy atom. The summed E-state index contributed by atoms with van der Waals surface area (Å²) < 4.78 is 37.2. The summed E-state index contributed by atoms with van der Waals surface area (Å²) >= 11 is 0. The van der Waals surface area contributed by atoms with Crippen molar-refractivity contribution < 1.29 is 13.2 Å². The topological polar surface area (TPSA) is 63.3 Å². The van der Waals surface area contributed by atoms with Crippen LogP contribution in [0.15, 0.2) is 47.7 Å². The quantitative estimate of drug-likeness (QED) is 0.517. The SMILES string of the molecule is C/C(=N/Nc1ccc(C(F)(F)F)cn1)c1cccc(N)c1. The molecule has 0 saturated heterocycles. The number of nitrogen functional groups attached to an aromatic ring is 1. The summed E-state index contributed by atoms with van der Waals surface area (Å²) in [5, 5.41) is 4.06. The van der Waals surface area contributed by atoms with E-state index in [2.05, 4.69) is 15.5 Å². The van der Waals surface area contributed by atoms with Crippen LogP contribution in [0.1, 0.15) is 18.1 Å². The summed E-state index contributed by atoms with van der Waals surface area (Å²) in [7, 11) is 0. The van der Waals surface area contributed by atoms with Crippen molar-refractivity contribution in [1.82, 2.24) is 4.98 Å². The van der Waals surface area contributed by atoms with Crippen molar-refractivity contribution in [3.63, 3.8) is 0 Å². The predicted molar refractivity (Wildman–Crippen MR) is 75.9 cm³/mol. The lowest BCUT2D eigenvalue weighted by molar-refractivity contribution is -0.137. The first-order valence-corrected chi connectivity index (χ1v) is 6.06. The van der Waals surface area contributed by atoms with Gasteiger partial charge in [-0.15, -0.1) is 0 Å². The fourth-order valence-electron chi connectivity index (χ4n) is 1.60. The van der Waals surface area contributed by atoms with Crippen molar-refractivity contribution in [2.75, 3.05) is 11.2 Å². The number of halogens is 3. The molecule has 1 aromatic carbocycles. The average Bonchev–Trinajstić information content (AvgIpc) is 2.44. The van der Waals surface area contributed by atoms with Gasteiger partial charge in [-0.05, 0) is 36.8 Å². The average molecular weight is 294 g/mol. The Morgan fingerprint density at radius 2 is 2.00 bits per heavy atom. The van der Waals surface area contributed by atoms with Gasteiger partial charge in [-0.25, -0.2) is 4.98 Å². The molecule has 0 aliphatic rings. The standard InChI is InChI=1S/C14H13F3N4/c1-9(10-3-2-4-12(18)7-10)20-21-13-6-5-11(8-19-13)14(15,16)17/h2-8H,18H2,1H3,(H,19,21)/b20-9-. The zero-order valence-electron chi connectivity index (χ0n) is 11.1. The van der Waals surface area contributed by atoms with Crippen LogP contribution in [0.5, 0.6) is 0 Å². The van der Waals surface area contributed by atoms with Gasteiger partial charge in [0.15, 0.2) is 0 Å². The summed E-state index contributed by atoms with van der Waals surface area (Å²) in [6.45, 7) is 1.76. The van der Waals surface area contributed by atoms with E-state index in [1.165, 1.54) is 6.07 Å². The molecule has 0 radical (unpaired) electrons. The second-order valence-corrected chi connectivity index (χ2v) is 4.36. The molecule has 0 saturated carbocycles. The van der Waals surface area contributed by atoms with Gasteiger partial charge in [0.2, 0.25) is 0 Å². The molecule has 0 atom stereocenters. The minimum atomic E-state index is -4.40. The number of nitrogens with zero attached hydrogens (tertiary/aromatic N) is 2. The fraction of sp³-hybridized carbons (Fsp3) is 0.143. The van der Waals surface area contributed by atoms with Gasteiger partial charge in [0, 0.05) is 11.9 Å². The third kappa shape index (κ3) is 3.95. The molecule has 21 heavy (non-hydrogen) atoms. The van der Waals surface area contributed by atoms with Gasteiger partial charge in [-0.3, -0.25) is 5.43 Å². The molecule has 2 rings (SSSR count). The number of hydrogen-bond donors (Lipinski definition) is 2. The highest BCUT2D eigenvalue weighted by atomic mass is 19.4. The van der Waals surface area contributed by atoms with Gasteiger partial charge in [0.25, 0.3) is 0 Å². The van der Waals surface area contributed by atoms with Crippen LogP contribution in [0, 0.1) is 0 Å². The van der Waals surface area contributed by atoms with E-state index in [9.17, 15) is 13.2 Å². The number of rotatable bonds is 3. The van der Waals surface area contributed by atoms with Crippen molar-refractivity contribution >= 4 is 17.2 Å². The number of anilines is 2. The van der Waals surface area contributed by atoms with Gasteiger partial charge >= 0.3 is 6.18 Å². The van der Waals surface area contributed by atoms with Crippen LogP contribution < -0.4 is 11.2 Å². The zero-order chi connectivity index (χ0) is 15.5. The molecule has 0 unspecified atom stereocenters. The van der Waals surface area contributed by atoms with Crippen LogP contribution in [0.2, 0.25) is 0 Å². The molecule has 0 aliphatic carbocycles. The number of hydrogen-bond acceptors (Lipinski definition) is 4. The van der Waals surface area contributed by atoms with Gasteiger partial charge in [-0.1, -0.05) is 12.1 Å². The minimum absolute atomic E-state index is 0.228. The number of aromatic nitrogens is 1. The zero-order valence-corrected chi connectivity index (χ0v) is 11.1. The van der Waals surface area contributed by atoms with Crippen LogP contribution in [0.4, 0.5) is 24.7 Å². The second kappa shape index (κ2) is 5.82. The summed E-state index contributed by atoms with van der Waals surface area (Å²) in [5.74, 6) is 0.228. The van der Waals surface area contributed by atoms with Crippen LogP contribution in [0.25, 0.3) is 0 Å². The lowest BCUT2D eigenvalue weighted by atomic mass is 10.1. The van der Waals surface area contributed by atoms with Crippen molar-refractivity contribution in [3.8, 4) is 0 Å². The van der Waals surface area contributed by atoms with Crippen molar-refractivity contribution in [2.45, 2.75) is 13.1 Å². The monoisotopic (exact) mass is 294 g/mol. The van der Waals surface area contributed by atoms with E-state index in [-0.39, 0.29) is 5.82 Å². The van der Waals surface area contributed by atoms with Crippen molar-refractivity contribution in [2.24, 2.45) is 5.10 Å². The maximum absolute atomic E-state index is 12.4. The molecular formula is C14H13F3N4. The normalized spacial score (nSPS) is 12.3. The first-order valence-electron chi connectivity index (χ1n) is 6.06. The lowest BCUT2D eigenvalue weighted by Gasteiger charge is -2.07. The number of pyridine rings is 1. The Labute approximate surface area is 119 Å². The van der Waals surface area contributed by atoms with Gasteiger partial charge < -0.3 is 5.73 Å². The molecule has 1 heterocycles. The molecule has 4 nitrogen and oxygen atoms in total. The summed E-state index contributed by atoms with van der Waals surface area (Å²) in [6.07, 6.45) is -3.64. The molecule has 2 aromatic rings. The maximum atomic E-state index is 12.4. The summed E-state index contributed by atoms with van der Waals surface area (Å²) in [6, 6.07) is 9.29. The van der Waals surface area contributed by atoms with E-state index >= 15 is 0 Å². The number of benzene rings is 1. The van der Waals surface area contributed by atoms with E-state index in [1.54, 1.807) is 25.1 Å². The first kappa shape index (κ1) is 14.8. The third-order valence-corrected chi connectivity index (χ3v) is 2.73. The molecule has 0 aliphatic heterocycles. The Hall–Kier alpha value is -2.57. The molecule has 110 valence electrons. The van der Waals surface area contributed by atoms with Crippen molar-refractivity contribution in [1.29, 1.82) is 0 Å². The molecular weight excluding hydrogens is 281 g/mol. The van der Waals surface area contributed by atoms with Crippen molar-refractivity contribution in [3.05, 3.63) is 53.7 Å². The molecule has 0 amide bonds. The lowest BCUT2D eigenvalue weighted by Crippen LogP contribution is -2.06. The Kier molecular flexibility index (Phi) is 4.11. The summed E-state index contributed by atoms with van der Waals surface area (Å²) in [4.78, 5) is 3.67. The molecule has 0 bridgehead atoms. The van der Waals surface area contributed by atoms with Crippen LogP contribution in [-0.4, -0.2) is 10.7 Å². The molecule has 7 heteroatoms. The van der Waals surface area contributed by atoms with E-state index in [1.807, 2.05) is 6.07 Å². The second-order valence-electron chi connectivity index (χ2n) is 4.36. The summed E-state index contributed by atoms with van der Waals surface area (Å²) in [5.41, 5.74) is 9.54. The van der Waals surface area contributed by atoms with E-state index in [0.29, 0.717) is 11.4 Å². The van der Waals surface area contributed by atoms with Gasteiger partial charge in [-0.2, -0.15) is 18.3 Å². The fourth-order valence-corrected chi connectivity index (χ4v) is 1.60. The first-order chi connectivity index (χ1) is 9.86. The van der Waals surface area contributed by atoms with Crippen LogP contribution in [-0.2, 0) is 6.18 Å². The van der Waals surface area contributed by atoms with Crippen LogP contribution in [0.3, 0.4) is 0 Å². The molecule has 0 spiro atoms. The minimum Gasteiger partial charge on any atom is -0.399 e. The number of nitrogens with two attached hydrogens (primary N) is 1. The largest absolute Gasteiger partial charge is 0.417 e. The van der Waals surface area contributed by atoms with E-state index < -0.39 is 11.7 Å².